The molecule has 138 valence electrons. The van der Waals surface area contributed by atoms with Crippen molar-refractivity contribution in [3.8, 4) is 5.75 Å². The molecule has 8 nitrogen and oxygen atoms in total. The Morgan fingerprint density at radius 2 is 1.64 bits per heavy atom. The number of carbonyl (C=O) groups excluding carboxylic acids is 2. The number of hydrogen-bond acceptors (Lipinski definition) is 4. The van der Waals surface area contributed by atoms with Crippen LogP contribution in [0, 0.1) is 5.92 Å². The van der Waals surface area contributed by atoms with Crippen molar-refractivity contribution in [1.29, 1.82) is 0 Å². The molecule has 0 aliphatic carbocycles. The number of carboxylic acids is 1. The van der Waals surface area contributed by atoms with Crippen molar-refractivity contribution in [2.45, 2.75) is 39.3 Å². The van der Waals surface area contributed by atoms with E-state index in [4.69, 9.17) is 0 Å². The second-order valence-corrected chi connectivity index (χ2v) is 5.64. The van der Waals surface area contributed by atoms with Crippen LogP contribution in [0.15, 0.2) is 24.3 Å². The van der Waals surface area contributed by atoms with Gasteiger partial charge >= 0.3 is 12.0 Å². The molecule has 5 N–H and O–H groups in total. The monoisotopic (exact) mass is 351 g/mol. The minimum Gasteiger partial charge on any atom is -0.508 e. The summed E-state index contributed by atoms with van der Waals surface area (Å²) in [7, 11) is 0. The summed E-state index contributed by atoms with van der Waals surface area (Å²) >= 11 is 0. The van der Waals surface area contributed by atoms with Gasteiger partial charge in [-0.2, -0.15) is 0 Å². The molecule has 0 saturated carbocycles. The zero-order chi connectivity index (χ0) is 18.8. The van der Waals surface area contributed by atoms with Crippen LogP contribution in [0.2, 0.25) is 0 Å². The van der Waals surface area contributed by atoms with Gasteiger partial charge in [-0.3, -0.25) is 4.79 Å². The lowest BCUT2D eigenvalue weighted by molar-refractivity contribution is -0.142. The molecule has 0 bridgehead atoms. The molecule has 3 amide bonds. The van der Waals surface area contributed by atoms with Gasteiger partial charge < -0.3 is 26.2 Å². The lowest BCUT2D eigenvalue weighted by Crippen LogP contribution is -2.51. The molecule has 0 aliphatic heterocycles. The molecule has 0 radical (unpaired) electrons. The molecule has 0 heterocycles. The zero-order valence-corrected chi connectivity index (χ0v) is 14.4. The van der Waals surface area contributed by atoms with Crippen LogP contribution in [-0.4, -0.2) is 40.7 Å². The van der Waals surface area contributed by atoms with Gasteiger partial charge in [0.1, 0.15) is 11.8 Å². The van der Waals surface area contributed by atoms with Crippen LogP contribution in [-0.2, 0) is 16.1 Å². The highest BCUT2D eigenvalue weighted by Gasteiger charge is 2.23. The van der Waals surface area contributed by atoms with Gasteiger partial charge in [-0.15, -0.1) is 0 Å². The Labute approximate surface area is 146 Å². The maximum atomic E-state index is 12.0. The van der Waals surface area contributed by atoms with Crippen molar-refractivity contribution >= 4 is 17.9 Å². The summed E-state index contributed by atoms with van der Waals surface area (Å²) in [5, 5.41) is 25.8. The smallest absolute Gasteiger partial charge is 0.328 e. The van der Waals surface area contributed by atoms with Crippen LogP contribution < -0.4 is 16.0 Å². The summed E-state index contributed by atoms with van der Waals surface area (Å²) in [5.41, 5.74) is 0.782. The highest BCUT2D eigenvalue weighted by atomic mass is 16.4. The first kappa shape index (κ1) is 20.3. The average Bonchev–Trinajstić information content (AvgIpc) is 2.58. The number of rotatable bonds is 9. The third-order valence-corrected chi connectivity index (χ3v) is 3.83. The number of urea groups is 1. The molecule has 25 heavy (non-hydrogen) atoms. The Hall–Kier alpha value is -2.77. The maximum Gasteiger partial charge on any atom is 0.328 e. The summed E-state index contributed by atoms with van der Waals surface area (Å²) in [6, 6.07) is 4.59. The number of amides is 3. The van der Waals surface area contributed by atoms with E-state index in [1.807, 2.05) is 13.8 Å². The van der Waals surface area contributed by atoms with E-state index in [1.54, 1.807) is 12.1 Å². The molecule has 1 rings (SSSR count). The normalized spacial score (nSPS) is 11.6. The molecule has 0 unspecified atom stereocenters. The van der Waals surface area contributed by atoms with Gasteiger partial charge in [0.15, 0.2) is 0 Å². The van der Waals surface area contributed by atoms with E-state index in [0.29, 0.717) is 12.8 Å². The van der Waals surface area contributed by atoms with Crippen molar-refractivity contribution in [2.24, 2.45) is 5.92 Å². The van der Waals surface area contributed by atoms with Crippen LogP contribution in [0.5, 0.6) is 5.75 Å². The average molecular weight is 351 g/mol. The van der Waals surface area contributed by atoms with Gasteiger partial charge in [-0.25, -0.2) is 9.59 Å². The summed E-state index contributed by atoms with van der Waals surface area (Å²) in [4.78, 5) is 35.0. The van der Waals surface area contributed by atoms with Gasteiger partial charge in [-0.1, -0.05) is 26.0 Å². The topological polar surface area (TPSA) is 128 Å². The fourth-order valence-corrected chi connectivity index (χ4v) is 2.20. The predicted molar refractivity (Wildman–Crippen MR) is 92.0 cm³/mol. The largest absolute Gasteiger partial charge is 0.508 e. The van der Waals surface area contributed by atoms with Crippen LogP contribution in [0.25, 0.3) is 0 Å². The van der Waals surface area contributed by atoms with E-state index in [0.717, 1.165) is 5.56 Å². The van der Waals surface area contributed by atoms with Crippen LogP contribution in [0.1, 0.15) is 32.3 Å². The van der Waals surface area contributed by atoms with Gasteiger partial charge in [0.05, 0.1) is 6.54 Å². The lowest BCUT2D eigenvalue weighted by Gasteiger charge is -2.19. The fraction of sp³-hybridized carbons (Fsp3) is 0.471. The van der Waals surface area contributed by atoms with Gasteiger partial charge in [0.25, 0.3) is 0 Å². The fourth-order valence-electron chi connectivity index (χ4n) is 2.20. The van der Waals surface area contributed by atoms with E-state index >= 15 is 0 Å². The molecule has 0 aromatic heterocycles. The van der Waals surface area contributed by atoms with Gasteiger partial charge in [-0.05, 0) is 30.5 Å². The molecule has 0 saturated heterocycles. The van der Waals surface area contributed by atoms with Crippen molar-refractivity contribution in [1.82, 2.24) is 16.0 Å². The number of phenolic OH excluding ortho intramolecular Hbond substituents is 1. The van der Waals surface area contributed by atoms with Crippen molar-refractivity contribution < 1.29 is 24.6 Å². The number of aromatic hydroxyl groups is 1. The number of phenols is 1. The maximum absolute atomic E-state index is 12.0. The van der Waals surface area contributed by atoms with Crippen molar-refractivity contribution in [3.05, 3.63) is 29.8 Å². The van der Waals surface area contributed by atoms with E-state index in [-0.39, 0.29) is 30.7 Å². The van der Waals surface area contributed by atoms with Crippen molar-refractivity contribution in [2.75, 3.05) is 6.54 Å². The molecule has 1 atom stereocenters. The molecular weight excluding hydrogens is 326 g/mol. The SMILES string of the molecule is CCC(CC)C(=O)N[C@@H](CNC(=O)NCc1ccc(O)cc1)C(=O)O. The number of nitrogens with one attached hydrogen (secondary N) is 3. The summed E-state index contributed by atoms with van der Waals surface area (Å²) in [6.07, 6.45) is 1.24. The number of hydrogen-bond donors (Lipinski definition) is 5. The Morgan fingerprint density at radius 1 is 1.04 bits per heavy atom. The van der Waals surface area contributed by atoms with Crippen molar-refractivity contribution in [3.63, 3.8) is 0 Å². The molecular formula is C17H25N3O5. The van der Waals surface area contributed by atoms with E-state index in [2.05, 4.69) is 16.0 Å². The van der Waals surface area contributed by atoms with Gasteiger partial charge in [0.2, 0.25) is 5.91 Å². The summed E-state index contributed by atoms with van der Waals surface area (Å²) < 4.78 is 0. The minimum atomic E-state index is -1.21. The standard InChI is InChI=1S/C17H25N3O5/c1-3-12(4-2)15(22)20-14(16(23)24)10-19-17(25)18-9-11-5-7-13(21)8-6-11/h5-8,12,14,21H,3-4,9-10H2,1-2H3,(H,20,22)(H,23,24)(H2,18,19,25)/t14-/m0/s1. The Morgan fingerprint density at radius 3 is 2.16 bits per heavy atom. The highest BCUT2D eigenvalue weighted by Crippen LogP contribution is 2.09. The summed E-state index contributed by atoms with van der Waals surface area (Å²) in [6.45, 7) is 3.73. The molecule has 0 aliphatic rings. The first-order valence-electron chi connectivity index (χ1n) is 8.20. The third kappa shape index (κ3) is 7.11. The lowest BCUT2D eigenvalue weighted by atomic mass is 10.0. The molecule has 0 fully saturated rings. The molecule has 0 spiro atoms. The first-order chi connectivity index (χ1) is 11.9. The Bertz CT molecular complexity index is 584. The highest BCUT2D eigenvalue weighted by molar-refractivity contribution is 5.85. The molecule has 8 heteroatoms. The Kier molecular flexibility index (Phi) is 8.25. The zero-order valence-electron chi connectivity index (χ0n) is 14.4. The van der Waals surface area contributed by atoms with E-state index < -0.39 is 18.0 Å². The number of benzene rings is 1. The Balaban J connectivity index is 2.45. The third-order valence-electron chi connectivity index (χ3n) is 3.83. The van der Waals surface area contributed by atoms with Crippen LogP contribution in [0.4, 0.5) is 4.79 Å². The van der Waals surface area contributed by atoms with Gasteiger partial charge in [0, 0.05) is 12.5 Å². The second kappa shape index (κ2) is 10.2. The first-order valence-corrected chi connectivity index (χ1v) is 8.20. The summed E-state index contributed by atoms with van der Waals surface area (Å²) in [5.74, 6) is -1.65. The molecule has 1 aromatic carbocycles. The van der Waals surface area contributed by atoms with E-state index in [1.165, 1.54) is 12.1 Å². The quantitative estimate of drug-likeness (QED) is 0.457. The second-order valence-electron chi connectivity index (χ2n) is 5.64. The number of carbonyl (C=O) groups is 3. The molecule has 1 aromatic rings. The van der Waals surface area contributed by atoms with Crippen LogP contribution in [0.3, 0.4) is 0 Å². The van der Waals surface area contributed by atoms with E-state index in [9.17, 15) is 24.6 Å². The number of aliphatic carboxylic acids is 1. The number of carboxylic acid groups (broad SMARTS) is 1. The minimum absolute atomic E-state index is 0.130. The van der Waals surface area contributed by atoms with Crippen LogP contribution >= 0.6 is 0 Å². The predicted octanol–water partition coefficient (Wildman–Crippen LogP) is 1.20.